The van der Waals surface area contributed by atoms with E-state index in [0.717, 1.165) is 69.4 Å². The Balaban J connectivity index is 1.24. The summed E-state index contributed by atoms with van der Waals surface area (Å²) >= 11 is 0. The standard InChI is InChI=1S/C35H32N8/c1-42(2)20-17-24-9-8-12-28(21-24)37-31-23-26(16-18-36-31)34-33(41-32-13-6-7-19-43(32)34)25-14-15-29-30(22-25)40-35(39-29)38-27-10-4-3-5-11-27/h3-16,18-19,21-23H,17,20H2,1-2H3,(H,36,37)(H2,38,39,40). The second-order valence-electron chi connectivity index (χ2n) is 10.9. The van der Waals surface area contributed by atoms with E-state index >= 15 is 0 Å². The molecule has 7 rings (SSSR count). The maximum atomic E-state index is 5.07. The molecule has 0 atom stereocenters. The number of anilines is 4. The predicted octanol–water partition coefficient (Wildman–Crippen LogP) is 7.53. The maximum absolute atomic E-state index is 5.07. The van der Waals surface area contributed by atoms with Crippen molar-refractivity contribution < 1.29 is 0 Å². The zero-order valence-electron chi connectivity index (χ0n) is 24.1. The minimum atomic E-state index is 0.698. The molecule has 3 N–H and O–H groups in total. The summed E-state index contributed by atoms with van der Waals surface area (Å²) in [5.41, 5.74) is 9.90. The van der Waals surface area contributed by atoms with E-state index in [2.05, 4.69) is 92.7 Å². The third-order valence-corrected chi connectivity index (χ3v) is 7.40. The van der Waals surface area contributed by atoms with Gasteiger partial charge in [-0.1, -0.05) is 42.5 Å². The highest BCUT2D eigenvalue weighted by Gasteiger charge is 2.18. The molecule has 0 amide bonds. The summed E-state index contributed by atoms with van der Waals surface area (Å²) in [6.45, 7) is 1.00. The third kappa shape index (κ3) is 5.68. The van der Waals surface area contributed by atoms with Crippen LogP contribution in [0, 0.1) is 0 Å². The number of aromatic nitrogens is 5. The molecule has 0 spiro atoms. The van der Waals surface area contributed by atoms with Crippen LogP contribution < -0.4 is 10.6 Å². The van der Waals surface area contributed by atoms with Gasteiger partial charge >= 0.3 is 0 Å². The van der Waals surface area contributed by atoms with Crippen molar-refractivity contribution in [2.75, 3.05) is 31.3 Å². The van der Waals surface area contributed by atoms with Gasteiger partial charge in [0.05, 0.1) is 22.4 Å². The van der Waals surface area contributed by atoms with Gasteiger partial charge in [0.15, 0.2) is 0 Å². The summed E-state index contributed by atoms with van der Waals surface area (Å²) in [4.78, 5) is 20.1. The number of pyridine rings is 2. The summed E-state index contributed by atoms with van der Waals surface area (Å²) in [6, 6.07) is 35.0. The minimum absolute atomic E-state index is 0.698. The lowest BCUT2D eigenvalue weighted by molar-refractivity contribution is 0.413. The van der Waals surface area contributed by atoms with Crippen molar-refractivity contribution in [3.8, 4) is 22.5 Å². The molecule has 7 aromatic rings. The Hall–Kier alpha value is -5.47. The SMILES string of the molecule is CN(C)CCc1cccc(Nc2cc(-c3c(-c4ccc5nc(Nc6ccccc6)[nH]c5c4)nc4ccccn34)ccn2)c1. The van der Waals surface area contributed by atoms with Gasteiger partial charge in [0, 0.05) is 41.4 Å². The highest BCUT2D eigenvalue weighted by Crippen LogP contribution is 2.35. The largest absolute Gasteiger partial charge is 0.340 e. The smallest absolute Gasteiger partial charge is 0.205 e. The van der Waals surface area contributed by atoms with Gasteiger partial charge in [-0.15, -0.1) is 0 Å². The molecule has 0 aliphatic heterocycles. The molecule has 3 aromatic carbocycles. The van der Waals surface area contributed by atoms with Crippen LogP contribution in [0.2, 0.25) is 0 Å². The fourth-order valence-electron chi connectivity index (χ4n) is 5.30. The average Bonchev–Trinajstić information content (AvgIpc) is 3.61. The minimum Gasteiger partial charge on any atom is -0.340 e. The average molecular weight is 565 g/mol. The van der Waals surface area contributed by atoms with Crippen LogP contribution in [0.4, 0.5) is 23.1 Å². The van der Waals surface area contributed by atoms with Crippen LogP contribution >= 0.6 is 0 Å². The van der Waals surface area contributed by atoms with E-state index in [1.165, 1.54) is 5.56 Å². The Bertz CT molecular complexity index is 2020. The first kappa shape index (κ1) is 26.4. The number of H-pyrrole nitrogens is 1. The van der Waals surface area contributed by atoms with E-state index in [4.69, 9.17) is 9.97 Å². The van der Waals surface area contributed by atoms with Crippen molar-refractivity contribution >= 4 is 39.8 Å². The van der Waals surface area contributed by atoms with Gasteiger partial charge in [0.1, 0.15) is 11.5 Å². The number of para-hydroxylation sites is 1. The molecule has 43 heavy (non-hydrogen) atoms. The zero-order chi connectivity index (χ0) is 29.2. The molecule has 4 aromatic heterocycles. The van der Waals surface area contributed by atoms with Crippen LogP contribution in [0.15, 0.2) is 116 Å². The number of nitrogens with zero attached hydrogens (tertiary/aromatic N) is 5. The van der Waals surface area contributed by atoms with Crippen LogP contribution in [0.1, 0.15) is 5.56 Å². The van der Waals surface area contributed by atoms with Gasteiger partial charge < -0.3 is 20.5 Å². The van der Waals surface area contributed by atoms with Crippen LogP contribution in [0.25, 0.3) is 39.2 Å². The molecule has 0 saturated carbocycles. The Labute approximate surface area is 250 Å². The van der Waals surface area contributed by atoms with Crippen LogP contribution in [-0.4, -0.2) is 49.9 Å². The van der Waals surface area contributed by atoms with Crippen molar-refractivity contribution in [3.05, 3.63) is 121 Å². The van der Waals surface area contributed by atoms with E-state index in [9.17, 15) is 0 Å². The molecule has 0 fully saturated rings. The first-order valence-corrected chi connectivity index (χ1v) is 14.4. The fourth-order valence-corrected chi connectivity index (χ4v) is 5.30. The van der Waals surface area contributed by atoms with Crippen molar-refractivity contribution in [2.24, 2.45) is 0 Å². The molecule has 0 radical (unpaired) electrons. The summed E-state index contributed by atoms with van der Waals surface area (Å²) in [5, 5.41) is 6.86. The van der Waals surface area contributed by atoms with Crippen LogP contribution in [-0.2, 0) is 6.42 Å². The zero-order valence-corrected chi connectivity index (χ0v) is 24.1. The molecule has 212 valence electrons. The lowest BCUT2D eigenvalue weighted by Gasteiger charge is -2.12. The number of likely N-dealkylation sites (N-methyl/N-ethyl adjacent to an activating group) is 1. The van der Waals surface area contributed by atoms with E-state index in [1.54, 1.807) is 0 Å². The maximum Gasteiger partial charge on any atom is 0.205 e. The van der Waals surface area contributed by atoms with E-state index in [0.29, 0.717) is 5.95 Å². The summed E-state index contributed by atoms with van der Waals surface area (Å²) in [6.07, 6.45) is 4.89. The Kier molecular flexibility index (Phi) is 7.02. The van der Waals surface area contributed by atoms with Crippen LogP contribution in [0.5, 0.6) is 0 Å². The molecule has 0 saturated heterocycles. The number of fused-ring (bicyclic) bond motifs is 2. The second kappa shape index (κ2) is 11.4. The van der Waals surface area contributed by atoms with Gasteiger partial charge in [-0.2, -0.15) is 0 Å². The van der Waals surface area contributed by atoms with Gasteiger partial charge in [-0.25, -0.2) is 15.0 Å². The van der Waals surface area contributed by atoms with Gasteiger partial charge in [-0.3, -0.25) is 4.40 Å². The molecule has 0 aliphatic carbocycles. The summed E-state index contributed by atoms with van der Waals surface area (Å²) < 4.78 is 2.13. The van der Waals surface area contributed by atoms with Crippen molar-refractivity contribution in [1.29, 1.82) is 0 Å². The highest BCUT2D eigenvalue weighted by molar-refractivity contribution is 5.89. The fraction of sp³-hybridized carbons (Fsp3) is 0.114. The molecule has 0 unspecified atom stereocenters. The highest BCUT2D eigenvalue weighted by atomic mass is 15.1. The monoisotopic (exact) mass is 564 g/mol. The first-order valence-electron chi connectivity index (χ1n) is 14.4. The summed E-state index contributed by atoms with van der Waals surface area (Å²) in [7, 11) is 4.19. The second-order valence-corrected chi connectivity index (χ2v) is 10.9. The topological polar surface area (TPSA) is 86.2 Å². The number of nitrogens with one attached hydrogen (secondary N) is 3. The number of imidazole rings is 2. The first-order chi connectivity index (χ1) is 21.1. The molecular formula is C35H32N8. The number of benzene rings is 3. The molecular weight excluding hydrogens is 532 g/mol. The molecule has 4 heterocycles. The number of rotatable bonds is 9. The van der Waals surface area contributed by atoms with Crippen LogP contribution in [0.3, 0.4) is 0 Å². The molecule has 8 nitrogen and oxygen atoms in total. The Morgan fingerprint density at radius 1 is 0.767 bits per heavy atom. The third-order valence-electron chi connectivity index (χ3n) is 7.40. The number of hydrogen-bond acceptors (Lipinski definition) is 6. The number of aromatic amines is 1. The van der Waals surface area contributed by atoms with Crippen molar-refractivity contribution in [2.45, 2.75) is 6.42 Å². The quantitative estimate of drug-likeness (QED) is 0.168. The lowest BCUT2D eigenvalue weighted by Crippen LogP contribution is -2.15. The summed E-state index contributed by atoms with van der Waals surface area (Å²) in [5.74, 6) is 1.48. The van der Waals surface area contributed by atoms with Gasteiger partial charge in [0.25, 0.3) is 0 Å². The van der Waals surface area contributed by atoms with E-state index in [-0.39, 0.29) is 0 Å². The van der Waals surface area contributed by atoms with Gasteiger partial charge in [-0.05, 0) is 86.7 Å². The van der Waals surface area contributed by atoms with E-state index in [1.807, 2.05) is 66.9 Å². The Morgan fingerprint density at radius 3 is 2.51 bits per heavy atom. The number of hydrogen-bond donors (Lipinski definition) is 3. The molecule has 8 heteroatoms. The molecule has 0 aliphatic rings. The Morgan fingerprint density at radius 2 is 1.63 bits per heavy atom. The van der Waals surface area contributed by atoms with E-state index < -0.39 is 0 Å². The van der Waals surface area contributed by atoms with Gasteiger partial charge in [0.2, 0.25) is 5.95 Å². The van der Waals surface area contributed by atoms with Crippen molar-refractivity contribution in [1.82, 2.24) is 29.2 Å². The predicted molar refractivity (Wildman–Crippen MR) is 175 cm³/mol. The normalized spacial score (nSPS) is 11.4. The lowest BCUT2D eigenvalue weighted by atomic mass is 10.0. The molecule has 0 bridgehead atoms. The van der Waals surface area contributed by atoms with Crippen molar-refractivity contribution in [3.63, 3.8) is 0 Å².